The lowest BCUT2D eigenvalue weighted by atomic mass is 10.3. The van der Waals surface area contributed by atoms with E-state index in [0.717, 1.165) is 18.7 Å². The Kier molecular flexibility index (Phi) is 5.78. The first-order valence-corrected chi connectivity index (χ1v) is 7.11. The predicted molar refractivity (Wildman–Crippen MR) is 82.6 cm³/mol. The average Bonchev–Trinajstić information content (AvgIpc) is 2.47. The zero-order valence-corrected chi connectivity index (χ0v) is 12.4. The standard InChI is InChI=1S/C16H22N2O3/c1-13(2)12-21-15-6-4-3-5-14(15)17-16(19)11-18-7-9-20-10-8-18/h3-6H,1,7-12H2,2H3,(H,17,19). The van der Waals surface area contributed by atoms with Crippen LogP contribution in [0.3, 0.4) is 0 Å². The van der Waals surface area contributed by atoms with E-state index in [2.05, 4.69) is 16.8 Å². The second-order valence-electron chi connectivity index (χ2n) is 5.18. The van der Waals surface area contributed by atoms with Crippen LogP contribution < -0.4 is 10.1 Å². The van der Waals surface area contributed by atoms with Crippen LogP contribution in [-0.2, 0) is 9.53 Å². The van der Waals surface area contributed by atoms with Gasteiger partial charge >= 0.3 is 0 Å². The number of ether oxygens (including phenoxy) is 2. The number of benzene rings is 1. The fourth-order valence-electron chi connectivity index (χ4n) is 2.05. The quantitative estimate of drug-likeness (QED) is 0.813. The first-order valence-electron chi connectivity index (χ1n) is 7.11. The first kappa shape index (κ1) is 15.5. The molecule has 5 heteroatoms. The van der Waals surface area contributed by atoms with Gasteiger partial charge in [-0.15, -0.1) is 0 Å². The number of para-hydroxylation sites is 2. The van der Waals surface area contributed by atoms with Crippen molar-refractivity contribution in [2.75, 3.05) is 44.8 Å². The van der Waals surface area contributed by atoms with E-state index in [1.165, 1.54) is 0 Å². The van der Waals surface area contributed by atoms with Gasteiger partial charge in [-0.05, 0) is 24.6 Å². The van der Waals surface area contributed by atoms with Gasteiger partial charge < -0.3 is 14.8 Å². The van der Waals surface area contributed by atoms with Crippen LogP contribution in [0.2, 0.25) is 0 Å². The van der Waals surface area contributed by atoms with Gasteiger partial charge in [-0.1, -0.05) is 18.7 Å². The lowest BCUT2D eigenvalue weighted by Crippen LogP contribution is -2.41. The molecule has 0 saturated carbocycles. The van der Waals surface area contributed by atoms with E-state index in [9.17, 15) is 4.79 Å². The van der Waals surface area contributed by atoms with Gasteiger partial charge in [-0.3, -0.25) is 9.69 Å². The Labute approximate surface area is 125 Å². The molecule has 1 aliphatic heterocycles. The van der Waals surface area contributed by atoms with E-state index in [0.29, 0.717) is 37.8 Å². The normalized spacial score (nSPS) is 15.5. The highest BCUT2D eigenvalue weighted by Gasteiger charge is 2.15. The summed E-state index contributed by atoms with van der Waals surface area (Å²) in [5, 5.41) is 2.91. The topological polar surface area (TPSA) is 50.8 Å². The fraction of sp³-hybridized carbons (Fsp3) is 0.438. The summed E-state index contributed by atoms with van der Waals surface area (Å²) in [5.74, 6) is 0.624. The number of amides is 1. The molecule has 0 spiro atoms. The summed E-state index contributed by atoms with van der Waals surface area (Å²) in [5.41, 5.74) is 1.63. The summed E-state index contributed by atoms with van der Waals surface area (Å²) in [6.45, 7) is 9.48. The average molecular weight is 290 g/mol. The van der Waals surface area contributed by atoms with Gasteiger partial charge in [0.1, 0.15) is 12.4 Å². The molecule has 0 bridgehead atoms. The summed E-state index contributed by atoms with van der Waals surface area (Å²) in [6.07, 6.45) is 0. The number of rotatable bonds is 6. The third-order valence-electron chi connectivity index (χ3n) is 3.11. The molecule has 0 unspecified atom stereocenters. The Bertz CT molecular complexity index is 496. The van der Waals surface area contributed by atoms with Gasteiger partial charge in [-0.2, -0.15) is 0 Å². The van der Waals surface area contributed by atoms with E-state index in [-0.39, 0.29) is 5.91 Å². The Morgan fingerprint density at radius 1 is 1.38 bits per heavy atom. The van der Waals surface area contributed by atoms with E-state index >= 15 is 0 Å². The minimum atomic E-state index is -0.0386. The van der Waals surface area contributed by atoms with Gasteiger partial charge in [0.05, 0.1) is 25.4 Å². The van der Waals surface area contributed by atoms with Crippen LogP contribution in [0.4, 0.5) is 5.69 Å². The molecule has 1 amide bonds. The van der Waals surface area contributed by atoms with E-state index < -0.39 is 0 Å². The largest absolute Gasteiger partial charge is 0.487 e. The molecule has 0 aliphatic carbocycles. The van der Waals surface area contributed by atoms with Gasteiger partial charge in [0.2, 0.25) is 5.91 Å². The third-order valence-corrected chi connectivity index (χ3v) is 3.11. The molecule has 5 nitrogen and oxygen atoms in total. The Morgan fingerprint density at radius 2 is 2.10 bits per heavy atom. The highest BCUT2D eigenvalue weighted by atomic mass is 16.5. The molecule has 2 rings (SSSR count). The molecule has 1 aliphatic rings. The Balaban J connectivity index is 1.91. The minimum absolute atomic E-state index is 0.0386. The van der Waals surface area contributed by atoms with Crippen molar-refractivity contribution in [1.82, 2.24) is 4.90 Å². The predicted octanol–water partition coefficient (Wildman–Crippen LogP) is 1.91. The highest BCUT2D eigenvalue weighted by Crippen LogP contribution is 2.24. The number of nitrogens with zero attached hydrogens (tertiary/aromatic N) is 1. The molecular formula is C16H22N2O3. The van der Waals surface area contributed by atoms with E-state index in [4.69, 9.17) is 9.47 Å². The van der Waals surface area contributed by atoms with Crippen molar-refractivity contribution in [3.8, 4) is 5.75 Å². The van der Waals surface area contributed by atoms with E-state index in [1.807, 2.05) is 31.2 Å². The van der Waals surface area contributed by atoms with Gasteiger partial charge in [0.15, 0.2) is 0 Å². The van der Waals surface area contributed by atoms with Gasteiger partial charge in [-0.25, -0.2) is 0 Å². The maximum atomic E-state index is 12.1. The molecule has 1 heterocycles. The van der Waals surface area contributed by atoms with Crippen LogP contribution in [0, 0.1) is 0 Å². The number of morpholine rings is 1. The van der Waals surface area contributed by atoms with Crippen LogP contribution in [0.25, 0.3) is 0 Å². The molecule has 114 valence electrons. The molecule has 1 fully saturated rings. The monoisotopic (exact) mass is 290 g/mol. The second-order valence-corrected chi connectivity index (χ2v) is 5.18. The van der Waals surface area contributed by atoms with Crippen molar-refractivity contribution in [2.24, 2.45) is 0 Å². The summed E-state index contributed by atoms with van der Waals surface area (Å²) < 4.78 is 10.9. The van der Waals surface area contributed by atoms with Crippen molar-refractivity contribution in [3.05, 3.63) is 36.4 Å². The molecule has 0 aromatic heterocycles. The number of carbonyl (C=O) groups excluding carboxylic acids is 1. The Hall–Kier alpha value is -1.85. The lowest BCUT2D eigenvalue weighted by Gasteiger charge is -2.25. The third kappa shape index (κ3) is 5.21. The van der Waals surface area contributed by atoms with Crippen LogP contribution in [0.1, 0.15) is 6.92 Å². The molecule has 1 aromatic rings. The summed E-state index contributed by atoms with van der Waals surface area (Å²) in [7, 11) is 0. The zero-order chi connectivity index (χ0) is 15.1. The first-order chi connectivity index (χ1) is 10.1. The number of anilines is 1. The van der Waals surface area contributed by atoms with Crippen molar-refractivity contribution < 1.29 is 14.3 Å². The molecule has 21 heavy (non-hydrogen) atoms. The van der Waals surface area contributed by atoms with Crippen LogP contribution in [0.15, 0.2) is 36.4 Å². The zero-order valence-electron chi connectivity index (χ0n) is 12.4. The SMILES string of the molecule is C=C(C)COc1ccccc1NC(=O)CN1CCOCC1. The molecular weight excluding hydrogens is 268 g/mol. The summed E-state index contributed by atoms with van der Waals surface area (Å²) in [4.78, 5) is 14.2. The van der Waals surface area contributed by atoms with Crippen LogP contribution in [0.5, 0.6) is 5.75 Å². The van der Waals surface area contributed by atoms with Crippen molar-refractivity contribution in [1.29, 1.82) is 0 Å². The van der Waals surface area contributed by atoms with Crippen molar-refractivity contribution in [3.63, 3.8) is 0 Å². The Morgan fingerprint density at radius 3 is 2.81 bits per heavy atom. The second kappa shape index (κ2) is 7.81. The van der Waals surface area contributed by atoms with Crippen molar-refractivity contribution >= 4 is 11.6 Å². The molecule has 0 radical (unpaired) electrons. The van der Waals surface area contributed by atoms with Crippen LogP contribution in [-0.4, -0.2) is 50.3 Å². The minimum Gasteiger partial charge on any atom is -0.487 e. The maximum Gasteiger partial charge on any atom is 0.238 e. The maximum absolute atomic E-state index is 12.1. The number of hydrogen-bond donors (Lipinski definition) is 1. The smallest absolute Gasteiger partial charge is 0.238 e. The summed E-state index contributed by atoms with van der Waals surface area (Å²) >= 11 is 0. The molecule has 1 aromatic carbocycles. The fourth-order valence-corrected chi connectivity index (χ4v) is 2.05. The molecule has 1 saturated heterocycles. The number of hydrogen-bond acceptors (Lipinski definition) is 4. The molecule has 1 N–H and O–H groups in total. The van der Waals surface area contributed by atoms with Crippen molar-refractivity contribution in [2.45, 2.75) is 6.92 Å². The van der Waals surface area contributed by atoms with E-state index in [1.54, 1.807) is 0 Å². The number of carbonyl (C=O) groups is 1. The van der Waals surface area contributed by atoms with Gasteiger partial charge in [0.25, 0.3) is 0 Å². The van der Waals surface area contributed by atoms with Gasteiger partial charge in [0, 0.05) is 13.1 Å². The molecule has 0 atom stereocenters. The highest BCUT2D eigenvalue weighted by molar-refractivity contribution is 5.93. The summed E-state index contributed by atoms with van der Waals surface area (Å²) in [6, 6.07) is 7.43. The van der Waals surface area contributed by atoms with Crippen LogP contribution >= 0.6 is 0 Å². The number of nitrogens with one attached hydrogen (secondary N) is 1. The lowest BCUT2D eigenvalue weighted by molar-refractivity contribution is -0.118.